The van der Waals surface area contributed by atoms with Crippen LogP contribution in [0.3, 0.4) is 0 Å². The predicted molar refractivity (Wildman–Crippen MR) is 127 cm³/mol. The molecule has 0 saturated carbocycles. The molecule has 0 bridgehead atoms. The number of hydrogen-bond donors (Lipinski definition) is 2. The lowest BCUT2D eigenvalue weighted by atomic mass is 10.2. The molecule has 2 aromatic carbocycles. The first-order valence-electron chi connectivity index (χ1n) is 10.7. The molecule has 0 spiro atoms. The SMILES string of the molecule is CC(C(=O)Nc1ccc(NC(=O)CCC(=O)N(CCC#N)c2ccccc2)cc1)n1cncn1. The van der Waals surface area contributed by atoms with Crippen LogP contribution in [-0.2, 0) is 14.4 Å². The van der Waals surface area contributed by atoms with Gasteiger partial charge in [-0.05, 0) is 43.3 Å². The van der Waals surface area contributed by atoms with Crippen molar-refractivity contribution in [3.05, 3.63) is 67.3 Å². The van der Waals surface area contributed by atoms with Gasteiger partial charge in [-0.1, -0.05) is 18.2 Å². The van der Waals surface area contributed by atoms with Crippen LogP contribution in [0.2, 0.25) is 0 Å². The summed E-state index contributed by atoms with van der Waals surface area (Å²) in [6.07, 6.45) is 3.05. The third-order valence-electron chi connectivity index (χ3n) is 5.03. The van der Waals surface area contributed by atoms with Crippen molar-refractivity contribution >= 4 is 34.8 Å². The zero-order chi connectivity index (χ0) is 24.3. The van der Waals surface area contributed by atoms with Crippen molar-refractivity contribution in [3.8, 4) is 6.07 Å². The van der Waals surface area contributed by atoms with Crippen LogP contribution in [0.1, 0.15) is 32.2 Å². The van der Waals surface area contributed by atoms with E-state index in [4.69, 9.17) is 5.26 Å². The monoisotopic (exact) mass is 459 g/mol. The van der Waals surface area contributed by atoms with Crippen LogP contribution in [0.25, 0.3) is 0 Å². The van der Waals surface area contributed by atoms with Crippen molar-refractivity contribution in [2.75, 3.05) is 22.1 Å². The van der Waals surface area contributed by atoms with Gasteiger partial charge in [-0.3, -0.25) is 14.4 Å². The molecule has 0 radical (unpaired) electrons. The van der Waals surface area contributed by atoms with Gasteiger partial charge in [0.1, 0.15) is 18.7 Å². The summed E-state index contributed by atoms with van der Waals surface area (Å²) in [5.74, 6) is -0.783. The van der Waals surface area contributed by atoms with Crippen molar-refractivity contribution in [2.45, 2.75) is 32.2 Å². The number of nitrogens with zero attached hydrogens (tertiary/aromatic N) is 5. The van der Waals surface area contributed by atoms with E-state index in [1.54, 1.807) is 43.3 Å². The fourth-order valence-electron chi connectivity index (χ4n) is 3.17. The van der Waals surface area contributed by atoms with Gasteiger partial charge in [0, 0.05) is 36.4 Å². The fourth-order valence-corrected chi connectivity index (χ4v) is 3.17. The van der Waals surface area contributed by atoms with Gasteiger partial charge in [0.2, 0.25) is 17.7 Å². The van der Waals surface area contributed by atoms with Crippen molar-refractivity contribution in [3.63, 3.8) is 0 Å². The molecule has 3 amide bonds. The first-order chi connectivity index (χ1) is 16.5. The van der Waals surface area contributed by atoms with Crippen LogP contribution in [0.15, 0.2) is 67.3 Å². The summed E-state index contributed by atoms with van der Waals surface area (Å²) in [7, 11) is 0. The molecule has 34 heavy (non-hydrogen) atoms. The van der Waals surface area contributed by atoms with E-state index in [1.165, 1.54) is 22.2 Å². The highest BCUT2D eigenvalue weighted by Gasteiger charge is 2.17. The summed E-state index contributed by atoms with van der Waals surface area (Å²) < 4.78 is 1.45. The van der Waals surface area contributed by atoms with Gasteiger partial charge >= 0.3 is 0 Å². The number of para-hydroxylation sites is 1. The maximum Gasteiger partial charge on any atom is 0.249 e. The summed E-state index contributed by atoms with van der Waals surface area (Å²) >= 11 is 0. The van der Waals surface area contributed by atoms with Gasteiger partial charge in [-0.25, -0.2) is 9.67 Å². The lowest BCUT2D eigenvalue weighted by molar-refractivity contribution is -0.122. The highest BCUT2D eigenvalue weighted by atomic mass is 16.2. The number of carbonyl (C=O) groups excluding carboxylic acids is 3. The number of nitrogens with one attached hydrogen (secondary N) is 2. The Balaban J connectivity index is 1.50. The second-order valence-corrected chi connectivity index (χ2v) is 7.46. The van der Waals surface area contributed by atoms with Crippen LogP contribution in [0.5, 0.6) is 0 Å². The topological polar surface area (TPSA) is 133 Å². The van der Waals surface area contributed by atoms with Crippen LogP contribution >= 0.6 is 0 Å². The molecule has 10 nitrogen and oxygen atoms in total. The molecule has 0 saturated heterocycles. The summed E-state index contributed by atoms with van der Waals surface area (Å²) in [5, 5.41) is 18.4. The highest BCUT2D eigenvalue weighted by molar-refractivity contribution is 5.98. The van der Waals surface area contributed by atoms with Gasteiger partial charge in [0.25, 0.3) is 0 Å². The first kappa shape index (κ1) is 24.1. The number of aromatic nitrogens is 3. The lowest BCUT2D eigenvalue weighted by Gasteiger charge is -2.21. The average molecular weight is 460 g/mol. The van der Waals surface area contributed by atoms with Crippen LogP contribution < -0.4 is 15.5 Å². The van der Waals surface area contributed by atoms with E-state index in [0.29, 0.717) is 17.1 Å². The Hall–Kier alpha value is -4.52. The second kappa shape index (κ2) is 11.9. The minimum absolute atomic E-state index is 0.00261. The van der Waals surface area contributed by atoms with Crippen LogP contribution in [-0.4, -0.2) is 39.0 Å². The minimum Gasteiger partial charge on any atom is -0.326 e. The number of hydrogen-bond acceptors (Lipinski definition) is 6. The maximum absolute atomic E-state index is 12.7. The molecule has 0 aliphatic heterocycles. The molecule has 1 unspecified atom stereocenters. The summed E-state index contributed by atoms with van der Waals surface area (Å²) in [6.45, 7) is 1.98. The fraction of sp³-hybridized carbons (Fsp3) is 0.250. The summed E-state index contributed by atoms with van der Waals surface area (Å²) in [5.41, 5.74) is 1.81. The molecule has 1 heterocycles. The van der Waals surface area contributed by atoms with Gasteiger partial charge in [-0.2, -0.15) is 10.4 Å². The van der Waals surface area contributed by atoms with E-state index < -0.39 is 6.04 Å². The Morgan fingerprint density at radius 2 is 1.71 bits per heavy atom. The molecular weight excluding hydrogens is 434 g/mol. The third kappa shape index (κ3) is 6.74. The molecular formula is C24H25N7O3. The zero-order valence-electron chi connectivity index (χ0n) is 18.7. The molecule has 2 N–H and O–H groups in total. The van der Waals surface area contributed by atoms with E-state index in [0.717, 1.165) is 0 Å². The molecule has 3 aromatic rings. The van der Waals surface area contributed by atoms with E-state index in [9.17, 15) is 14.4 Å². The Kier molecular flexibility index (Phi) is 8.46. The number of benzene rings is 2. The summed E-state index contributed by atoms with van der Waals surface area (Å²) in [6, 6.07) is 17.3. The van der Waals surface area contributed by atoms with E-state index in [1.807, 2.05) is 24.3 Å². The van der Waals surface area contributed by atoms with Crippen molar-refractivity contribution in [1.82, 2.24) is 14.8 Å². The molecule has 1 aromatic heterocycles. The van der Waals surface area contributed by atoms with Crippen molar-refractivity contribution < 1.29 is 14.4 Å². The Morgan fingerprint density at radius 1 is 1.03 bits per heavy atom. The Labute approximate surface area is 197 Å². The molecule has 0 aliphatic rings. The Bertz CT molecular complexity index is 1140. The number of anilines is 3. The van der Waals surface area contributed by atoms with Gasteiger partial charge in [0.05, 0.1) is 12.5 Å². The number of rotatable bonds is 10. The van der Waals surface area contributed by atoms with Gasteiger partial charge in [0.15, 0.2) is 0 Å². The molecule has 174 valence electrons. The largest absolute Gasteiger partial charge is 0.326 e. The second-order valence-electron chi connectivity index (χ2n) is 7.46. The van der Waals surface area contributed by atoms with Crippen LogP contribution in [0.4, 0.5) is 17.1 Å². The predicted octanol–water partition coefficient (Wildman–Crippen LogP) is 3.14. The van der Waals surface area contributed by atoms with Crippen molar-refractivity contribution in [2.24, 2.45) is 0 Å². The lowest BCUT2D eigenvalue weighted by Crippen LogP contribution is -2.32. The van der Waals surface area contributed by atoms with E-state index >= 15 is 0 Å². The van der Waals surface area contributed by atoms with E-state index in [2.05, 4.69) is 20.7 Å². The van der Waals surface area contributed by atoms with E-state index in [-0.39, 0.29) is 43.5 Å². The molecule has 0 fully saturated rings. The molecule has 0 aliphatic carbocycles. The Morgan fingerprint density at radius 3 is 2.32 bits per heavy atom. The first-order valence-corrected chi connectivity index (χ1v) is 10.7. The normalized spacial score (nSPS) is 11.2. The molecule has 10 heteroatoms. The number of nitriles is 1. The number of amides is 3. The number of carbonyl (C=O) groups is 3. The van der Waals surface area contributed by atoms with Gasteiger partial charge < -0.3 is 15.5 Å². The standard InChI is InChI=1S/C24H25N7O3/c1-18(31-17-26-16-27-31)24(34)29-20-10-8-19(9-11-20)28-22(32)12-13-23(33)30(15-5-14-25)21-6-3-2-4-7-21/h2-4,6-11,16-18H,5,12-13,15H2,1H3,(H,28,32)(H,29,34). The van der Waals surface area contributed by atoms with Crippen LogP contribution in [0, 0.1) is 11.3 Å². The quantitative estimate of drug-likeness (QED) is 0.478. The minimum atomic E-state index is -0.525. The van der Waals surface area contributed by atoms with Gasteiger partial charge in [-0.15, -0.1) is 0 Å². The molecule has 3 rings (SSSR count). The highest BCUT2D eigenvalue weighted by Crippen LogP contribution is 2.18. The zero-order valence-corrected chi connectivity index (χ0v) is 18.7. The third-order valence-corrected chi connectivity index (χ3v) is 5.03. The summed E-state index contributed by atoms with van der Waals surface area (Å²) in [4.78, 5) is 42.7. The molecule has 1 atom stereocenters. The maximum atomic E-state index is 12.7. The smallest absolute Gasteiger partial charge is 0.249 e. The average Bonchev–Trinajstić information content (AvgIpc) is 3.39. The van der Waals surface area contributed by atoms with Crippen molar-refractivity contribution in [1.29, 1.82) is 5.26 Å².